The van der Waals surface area contributed by atoms with E-state index in [9.17, 15) is 9.59 Å². The van der Waals surface area contributed by atoms with E-state index in [-0.39, 0.29) is 17.7 Å². The van der Waals surface area contributed by atoms with Crippen LogP contribution in [-0.4, -0.2) is 49.4 Å². The second kappa shape index (κ2) is 11.6. The summed E-state index contributed by atoms with van der Waals surface area (Å²) in [6.45, 7) is 12.3. The summed E-state index contributed by atoms with van der Waals surface area (Å²) >= 11 is 0. The van der Waals surface area contributed by atoms with Crippen LogP contribution in [0.4, 0.5) is 11.4 Å². The van der Waals surface area contributed by atoms with Crippen molar-refractivity contribution in [2.24, 2.45) is 5.73 Å². The second-order valence-corrected chi connectivity index (χ2v) is 10.4. The molecule has 3 aromatic carbocycles. The number of carbonyl (C=O) groups excluding carboxylic acids is 2. The molecule has 6 heteroatoms. The maximum Gasteiger partial charge on any atom is 0.256 e. The Morgan fingerprint density at radius 2 is 1.49 bits per heavy atom. The summed E-state index contributed by atoms with van der Waals surface area (Å²) in [6.07, 6.45) is 0. The minimum atomic E-state index is -0.289. The summed E-state index contributed by atoms with van der Waals surface area (Å²) < 4.78 is 0. The van der Waals surface area contributed by atoms with Crippen LogP contribution < -0.4 is 16.0 Å². The van der Waals surface area contributed by atoms with E-state index >= 15 is 0 Å². The lowest BCUT2D eigenvalue weighted by atomic mass is 9.87. The molecule has 0 bridgehead atoms. The first-order valence-corrected chi connectivity index (χ1v) is 13.1. The van der Waals surface area contributed by atoms with Crippen molar-refractivity contribution in [1.29, 1.82) is 0 Å². The first-order chi connectivity index (χ1) is 17.7. The number of carbonyl (C=O) groups is 2. The van der Waals surface area contributed by atoms with Crippen molar-refractivity contribution in [2.45, 2.75) is 39.5 Å². The lowest BCUT2D eigenvalue weighted by molar-refractivity contribution is -0.119. The molecule has 1 heterocycles. The van der Waals surface area contributed by atoms with Crippen LogP contribution in [0, 0.1) is 0 Å². The number of rotatable bonds is 8. The molecule has 194 valence electrons. The molecule has 0 saturated carbocycles. The highest BCUT2D eigenvalue weighted by atomic mass is 16.2. The lowest BCUT2D eigenvalue weighted by Crippen LogP contribution is -2.48. The molecule has 1 aliphatic heterocycles. The predicted octanol–water partition coefficient (Wildman–Crippen LogP) is 5.46. The van der Waals surface area contributed by atoms with E-state index in [4.69, 9.17) is 5.73 Å². The predicted molar refractivity (Wildman–Crippen MR) is 152 cm³/mol. The fourth-order valence-electron chi connectivity index (χ4n) is 4.94. The van der Waals surface area contributed by atoms with Crippen molar-refractivity contribution < 1.29 is 9.59 Å². The van der Waals surface area contributed by atoms with E-state index in [2.05, 4.69) is 73.1 Å². The van der Waals surface area contributed by atoms with Crippen LogP contribution >= 0.6 is 0 Å². The molecule has 0 radical (unpaired) electrons. The Labute approximate surface area is 220 Å². The van der Waals surface area contributed by atoms with Gasteiger partial charge in [0.05, 0.1) is 6.54 Å². The highest BCUT2D eigenvalue weighted by molar-refractivity contribution is 6.09. The van der Waals surface area contributed by atoms with Gasteiger partial charge in [-0.05, 0) is 64.4 Å². The van der Waals surface area contributed by atoms with Gasteiger partial charge in [-0.15, -0.1) is 0 Å². The molecular formula is C31H38N4O2. The summed E-state index contributed by atoms with van der Waals surface area (Å²) in [5, 5.41) is 3.11. The van der Waals surface area contributed by atoms with E-state index < -0.39 is 0 Å². The number of primary amides is 1. The molecule has 0 aromatic heterocycles. The van der Waals surface area contributed by atoms with Gasteiger partial charge in [-0.2, -0.15) is 0 Å². The first kappa shape index (κ1) is 26.4. The van der Waals surface area contributed by atoms with Crippen LogP contribution in [0.5, 0.6) is 0 Å². The largest absolute Gasteiger partial charge is 0.369 e. The zero-order valence-corrected chi connectivity index (χ0v) is 22.3. The van der Waals surface area contributed by atoms with Crippen LogP contribution in [0.3, 0.4) is 0 Å². The second-order valence-electron chi connectivity index (χ2n) is 10.4. The fraction of sp³-hybridized carbons (Fsp3) is 0.355. The van der Waals surface area contributed by atoms with E-state index in [0.29, 0.717) is 18.0 Å². The number of piperazine rings is 1. The number of amides is 2. The van der Waals surface area contributed by atoms with E-state index in [1.165, 1.54) is 5.56 Å². The molecule has 1 fully saturated rings. The van der Waals surface area contributed by atoms with Gasteiger partial charge in [0.2, 0.25) is 5.91 Å². The van der Waals surface area contributed by atoms with Gasteiger partial charge in [-0.25, -0.2) is 0 Å². The summed E-state index contributed by atoms with van der Waals surface area (Å²) in [5.41, 5.74) is 12.4. The Bertz CT molecular complexity index is 1230. The van der Waals surface area contributed by atoms with Crippen molar-refractivity contribution in [1.82, 2.24) is 4.90 Å². The minimum Gasteiger partial charge on any atom is -0.369 e. The van der Waals surface area contributed by atoms with Crippen LogP contribution in [-0.2, 0) is 4.79 Å². The van der Waals surface area contributed by atoms with E-state index in [0.717, 1.165) is 54.2 Å². The van der Waals surface area contributed by atoms with Crippen LogP contribution in [0.2, 0.25) is 0 Å². The molecule has 3 aromatic rings. The summed E-state index contributed by atoms with van der Waals surface area (Å²) in [4.78, 5) is 29.0. The molecule has 0 atom stereocenters. The Kier molecular flexibility index (Phi) is 8.29. The summed E-state index contributed by atoms with van der Waals surface area (Å²) in [7, 11) is 0. The third-order valence-corrected chi connectivity index (χ3v) is 7.07. The zero-order valence-electron chi connectivity index (χ0n) is 22.3. The fourth-order valence-corrected chi connectivity index (χ4v) is 4.94. The number of nitrogens with zero attached hydrogens (tertiary/aromatic N) is 2. The Balaban J connectivity index is 1.51. The molecular weight excluding hydrogens is 460 g/mol. The number of hydrogen-bond donors (Lipinski definition) is 2. The van der Waals surface area contributed by atoms with Crippen LogP contribution in [0.25, 0.3) is 11.1 Å². The van der Waals surface area contributed by atoms with Crippen molar-refractivity contribution >= 4 is 23.2 Å². The molecule has 2 amide bonds. The molecule has 1 aliphatic rings. The monoisotopic (exact) mass is 498 g/mol. The zero-order chi connectivity index (χ0) is 26.5. The van der Waals surface area contributed by atoms with Crippen molar-refractivity contribution in [3.05, 3.63) is 83.4 Å². The molecule has 37 heavy (non-hydrogen) atoms. The van der Waals surface area contributed by atoms with Gasteiger partial charge in [0, 0.05) is 43.1 Å². The molecule has 3 N–H and O–H groups in total. The van der Waals surface area contributed by atoms with Gasteiger partial charge in [0.25, 0.3) is 5.91 Å². The normalized spacial score (nSPS) is 14.3. The van der Waals surface area contributed by atoms with E-state index in [1.54, 1.807) is 0 Å². The molecule has 6 nitrogen and oxygen atoms in total. The van der Waals surface area contributed by atoms with Gasteiger partial charge in [0.15, 0.2) is 0 Å². The topological polar surface area (TPSA) is 78.7 Å². The van der Waals surface area contributed by atoms with Gasteiger partial charge < -0.3 is 16.0 Å². The number of nitrogens with one attached hydrogen (secondary N) is 1. The van der Waals surface area contributed by atoms with Crippen LogP contribution in [0.1, 0.15) is 61.0 Å². The molecule has 1 saturated heterocycles. The highest BCUT2D eigenvalue weighted by Gasteiger charge is 2.20. The summed E-state index contributed by atoms with van der Waals surface area (Å²) in [5.74, 6) is 0.343. The number of benzene rings is 3. The van der Waals surface area contributed by atoms with Crippen molar-refractivity contribution in [3.63, 3.8) is 0 Å². The average molecular weight is 499 g/mol. The molecule has 0 unspecified atom stereocenters. The van der Waals surface area contributed by atoms with Gasteiger partial charge >= 0.3 is 0 Å². The van der Waals surface area contributed by atoms with Gasteiger partial charge in [0.1, 0.15) is 0 Å². The molecule has 0 aliphatic carbocycles. The number of hydrogen-bond acceptors (Lipinski definition) is 4. The average Bonchev–Trinajstić information content (AvgIpc) is 2.89. The lowest BCUT2D eigenvalue weighted by Gasteiger charge is -2.35. The Morgan fingerprint density at radius 3 is 2.05 bits per heavy atom. The quantitative estimate of drug-likeness (QED) is 0.432. The third kappa shape index (κ3) is 6.38. The Morgan fingerprint density at radius 1 is 0.838 bits per heavy atom. The van der Waals surface area contributed by atoms with Crippen molar-refractivity contribution in [2.75, 3.05) is 42.9 Å². The number of nitrogens with two attached hydrogens (primary N) is 1. The SMILES string of the molecule is CC(C)c1ccc(-c2c(C(=O)Nc3ccc(N4CCN(CC(N)=O)CC4)cc3)cccc2C(C)C)cc1. The van der Waals surface area contributed by atoms with Crippen molar-refractivity contribution in [3.8, 4) is 11.1 Å². The first-order valence-electron chi connectivity index (χ1n) is 13.1. The maximum atomic E-state index is 13.5. The Hall–Kier alpha value is -3.64. The van der Waals surface area contributed by atoms with E-state index in [1.807, 2.05) is 36.4 Å². The summed E-state index contributed by atoms with van der Waals surface area (Å²) in [6, 6.07) is 22.5. The third-order valence-electron chi connectivity index (χ3n) is 7.07. The standard InChI is InChI=1S/C31H38N4O2/c1-21(2)23-8-10-24(11-9-23)30-27(22(3)4)6-5-7-28(30)31(37)33-25-12-14-26(15-13-25)35-18-16-34(17-19-35)20-29(32)36/h5-15,21-22H,16-20H2,1-4H3,(H2,32,36)(H,33,37). The highest BCUT2D eigenvalue weighted by Crippen LogP contribution is 2.34. The molecule has 0 spiro atoms. The number of anilines is 2. The van der Waals surface area contributed by atoms with Gasteiger partial charge in [-0.3, -0.25) is 14.5 Å². The maximum absolute atomic E-state index is 13.5. The smallest absolute Gasteiger partial charge is 0.256 e. The molecule has 4 rings (SSSR count). The van der Waals surface area contributed by atoms with Gasteiger partial charge in [-0.1, -0.05) is 64.1 Å². The van der Waals surface area contributed by atoms with Crippen LogP contribution in [0.15, 0.2) is 66.7 Å². The minimum absolute atomic E-state index is 0.113.